The Labute approximate surface area is 139 Å². The molecule has 4 nitrogen and oxygen atoms in total. The molecule has 2 heterocycles. The van der Waals surface area contributed by atoms with E-state index in [0.29, 0.717) is 32.3 Å². The fourth-order valence-electron chi connectivity index (χ4n) is 1.43. The van der Waals surface area contributed by atoms with Gasteiger partial charge in [-0.05, 0) is 0 Å². The normalized spacial score (nSPS) is 16.5. The van der Waals surface area contributed by atoms with Gasteiger partial charge >= 0.3 is 58.4 Å². The number of anilines is 1. The third-order valence-electron chi connectivity index (χ3n) is 2.33. The average molecular weight is 271 g/mol. The fourth-order valence-corrected chi connectivity index (χ4v) is 1.43. The van der Waals surface area contributed by atoms with E-state index >= 15 is 0 Å². The van der Waals surface area contributed by atoms with Gasteiger partial charge in [0.25, 0.3) is 0 Å². The Hall–Kier alpha value is 0.331. The quantitative estimate of drug-likeness (QED) is 0.552. The van der Waals surface area contributed by atoms with Crippen LogP contribution in [0, 0.1) is 0 Å². The van der Waals surface area contributed by atoms with Gasteiger partial charge in [0.05, 0.1) is 13.2 Å². The van der Waals surface area contributed by atoms with E-state index in [1.165, 1.54) is 0 Å². The van der Waals surface area contributed by atoms with Crippen LogP contribution < -0.4 is 61.7 Å². The summed E-state index contributed by atoms with van der Waals surface area (Å²) in [7, 11) is 0. The van der Waals surface area contributed by atoms with Crippen LogP contribution >= 0.6 is 0 Å². The van der Waals surface area contributed by atoms with E-state index in [1.807, 2.05) is 0 Å². The second-order valence-electron chi connectivity index (χ2n) is 3.49. The predicted octanol–water partition coefficient (Wildman–Crippen LogP) is -2.63. The Kier molecular flexibility index (Phi) is 5.87. The summed E-state index contributed by atoms with van der Waals surface area (Å²) in [5.41, 5.74) is -0.767. The molecule has 0 aromatic carbocycles. The molecule has 1 aliphatic heterocycles. The summed E-state index contributed by atoms with van der Waals surface area (Å²) in [5, 5.41) is 0. The molecular formula is C8H10BF3KN3O. The van der Waals surface area contributed by atoms with Gasteiger partial charge < -0.3 is 22.6 Å². The van der Waals surface area contributed by atoms with Crippen LogP contribution in [0.2, 0.25) is 0 Å². The summed E-state index contributed by atoms with van der Waals surface area (Å²) in [6, 6.07) is 0. The van der Waals surface area contributed by atoms with Gasteiger partial charge in [0.2, 0.25) is 5.95 Å². The molecule has 0 bridgehead atoms. The summed E-state index contributed by atoms with van der Waals surface area (Å²) in [6.07, 6.45) is 1.66. The Morgan fingerprint density at radius 2 is 1.65 bits per heavy atom. The fraction of sp³-hybridized carbons (Fsp3) is 0.500. The maximum Gasteiger partial charge on any atom is 1.00 e. The van der Waals surface area contributed by atoms with Gasteiger partial charge in [0.15, 0.2) is 0 Å². The number of hydrogen-bond acceptors (Lipinski definition) is 4. The van der Waals surface area contributed by atoms with Gasteiger partial charge in [-0.15, -0.1) is 0 Å². The molecule has 1 aliphatic rings. The molecule has 0 amide bonds. The Bertz CT molecular complexity index is 356. The molecular weight excluding hydrogens is 261 g/mol. The molecule has 0 unspecified atom stereocenters. The predicted molar refractivity (Wildman–Crippen MR) is 53.8 cm³/mol. The van der Waals surface area contributed by atoms with Crippen LogP contribution in [0.3, 0.4) is 0 Å². The van der Waals surface area contributed by atoms with Crippen molar-refractivity contribution < 1.29 is 69.1 Å². The molecule has 0 radical (unpaired) electrons. The number of morpholine rings is 1. The average Bonchev–Trinajstić information content (AvgIpc) is 2.29. The Balaban J connectivity index is 0.00000144. The van der Waals surface area contributed by atoms with Crippen LogP contribution in [-0.2, 0) is 4.74 Å². The molecule has 1 saturated heterocycles. The Morgan fingerprint density at radius 1 is 1.12 bits per heavy atom. The monoisotopic (exact) mass is 271 g/mol. The van der Waals surface area contributed by atoms with Crippen molar-refractivity contribution in [2.45, 2.75) is 0 Å². The molecule has 0 spiro atoms. The summed E-state index contributed by atoms with van der Waals surface area (Å²) in [4.78, 5) is 9.25. The first-order valence-corrected chi connectivity index (χ1v) is 4.92. The topological polar surface area (TPSA) is 38.2 Å². The molecule has 0 aliphatic carbocycles. The van der Waals surface area contributed by atoms with E-state index in [9.17, 15) is 12.9 Å². The molecule has 1 aromatic heterocycles. The van der Waals surface area contributed by atoms with Crippen LogP contribution in [0.1, 0.15) is 0 Å². The molecule has 9 heteroatoms. The van der Waals surface area contributed by atoms with Gasteiger partial charge in [-0.25, -0.2) is 9.97 Å². The SMILES string of the molecule is F[B-](F)(F)c1cnc(N2CCOCC2)nc1.[K+]. The standard InChI is InChI=1S/C8H10BF3N3O.K/c10-9(11,12)7-5-13-8(14-6-7)15-1-3-16-4-2-15;/h5-6H,1-4H2;/q-1;+1. The van der Waals surface area contributed by atoms with Crippen LogP contribution in [-0.4, -0.2) is 43.2 Å². The van der Waals surface area contributed by atoms with E-state index in [4.69, 9.17) is 4.74 Å². The molecule has 2 rings (SSSR count). The van der Waals surface area contributed by atoms with E-state index in [-0.39, 0.29) is 51.4 Å². The Morgan fingerprint density at radius 3 is 2.12 bits per heavy atom. The van der Waals surface area contributed by atoms with E-state index in [0.717, 1.165) is 12.4 Å². The first kappa shape index (κ1) is 15.4. The molecule has 0 atom stereocenters. The van der Waals surface area contributed by atoms with Gasteiger partial charge in [-0.2, -0.15) is 0 Å². The second kappa shape index (κ2) is 6.48. The third-order valence-corrected chi connectivity index (χ3v) is 2.33. The van der Waals surface area contributed by atoms with Gasteiger partial charge in [0.1, 0.15) is 0 Å². The van der Waals surface area contributed by atoms with Gasteiger partial charge in [-0.3, -0.25) is 0 Å². The number of rotatable bonds is 2. The first-order valence-electron chi connectivity index (χ1n) is 4.92. The van der Waals surface area contributed by atoms with E-state index in [1.54, 1.807) is 4.90 Å². The number of ether oxygens (including phenoxy) is 1. The van der Waals surface area contributed by atoms with Crippen LogP contribution in [0.5, 0.6) is 0 Å². The minimum absolute atomic E-state index is 0. The molecule has 1 aromatic rings. The molecule has 0 N–H and O–H groups in total. The van der Waals surface area contributed by atoms with Crippen LogP contribution in [0.25, 0.3) is 0 Å². The summed E-state index contributed by atoms with van der Waals surface area (Å²) in [5.74, 6) is 0.326. The third kappa shape index (κ3) is 4.18. The molecule has 17 heavy (non-hydrogen) atoms. The maximum absolute atomic E-state index is 12.3. The minimum atomic E-state index is -5.01. The number of nitrogens with zero attached hydrogens (tertiary/aromatic N) is 3. The smallest absolute Gasteiger partial charge is 0.445 e. The van der Waals surface area contributed by atoms with Crippen molar-refractivity contribution in [3.05, 3.63) is 12.4 Å². The van der Waals surface area contributed by atoms with Crippen molar-refractivity contribution >= 4 is 18.4 Å². The van der Waals surface area contributed by atoms with Crippen molar-refractivity contribution in [2.75, 3.05) is 31.2 Å². The first-order chi connectivity index (χ1) is 7.57. The van der Waals surface area contributed by atoms with Crippen molar-refractivity contribution in [1.29, 1.82) is 0 Å². The van der Waals surface area contributed by atoms with Gasteiger partial charge in [-0.1, -0.05) is 5.46 Å². The summed E-state index contributed by atoms with van der Waals surface area (Å²) < 4.78 is 42.1. The number of aromatic nitrogens is 2. The number of halogens is 3. The van der Waals surface area contributed by atoms with Crippen molar-refractivity contribution in [3.8, 4) is 0 Å². The molecule has 1 fully saturated rings. The summed E-state index contributed by atoms with van der Waals surface area (Å²) >= 11 is 0. The minimum Gasteiger partial charge on any atom is -0.445 e. The maximum atomic E-state index is 12.3. The van der Waals surface area contributed by atoms with E-state index < -0.39 is 12.4 Å². The largest absolute Gasteiger partial charge is 1.00 e. The zero-order valence-corrected chi connectivity index (χ0v) is 12.6. The number of hydrogen-bond donors (Lipinski definition) is 0. The molecule has 88 valence electrons. The van der Waals surface area contributed by atoms with E-state index in [2.05, 4.69) is 9.97 Å². The van der Waals surface area contributed by atoms with Gasteiger partial charge in [0, 0.05) is 25.5 Å². The van der Waals surface area contributed by atoms with Crippen molar-refractivity contribution in [1.82, 2.24) is 9.97 Å². The van der Waals surface area contributed by atoms with Crippen LogP contribution in [0.4, 0.5) is 18.9 Å². The van der Waals surface area contributed by atoms with Crippen molar-refractivity contribution in [3.63, 3.8) is 0 Å². The van der Waals surface area contributed by atoms with Crippen molar-refractivity contribution in [2.24, 2.45) is 0 Å². The zero-order valence-electron chi connectivity index (χ0n) is 9.44. The summed E-state index contributed by atoms with van der Waals surface area (Å²) in [6.45, 7) is -2.70. The zero-order chi connectivity index (χ0) is 11.6. The molecule has 0 saturated carbocycles. The second-order valence-corrected chi connectivity index (χ2v) is 3.49. The van der Waals surface area contributed by atoms with Crippen LogP contribution in [0.15, 0.2) is 12.4 Å².